The maximum atomic E-state index is 13.5. The minimum Gasteiger partial charge on any atom is -0.467 e. The zero-order chi connectivity index (χ0) is 19.8. The highest BCUT2D eigenvalue weighted by atomic mass is 79.9. The molecule has 0 amide bonds. The third-order valence-corrected chi connectivity index (χ3v) is 4.83. The second-order valence-corrected chi connectivity index (χ2v) is 7.11. The van der Waals surface area contributed by atoms with Crippen LogP contribution in [0.25, 0.3) is 11.1 Å². The van der Waals surface area contributed by atoms with E-state index in [1.807, 2.05) is 24.3 Å². The van der Waals surface area contributed by atoms with Gasteiger partial charge < -0.3 is 14.2 Å². The number of hydrogen-bond donors (Lipinski definition) is 0. The first-order valence-corrected chi connectivity index (χ1v) is 9.96. The Kier molecular flexibility index (Phi) is 7.86. The van der Waals surface area contributed by atoms with Crippen LogP contribution < -0.4 is 4.74 Å². The molecule has 0 N–H and O–H groups in total. The summed E-state index contributed by atoms with van der Waals surface area (Å²) in [7, 11) is 0. The van der Waals surface area contributed by atoms with Crippen molar-refractivity contribution >= 4 is 27.5 Å². The van der Waals surface area contributed by atoms with E-state index in [9.17, 15) is 4.39 Å². The molecule has 0 aliphatic heterocycles. The van der Waals surface area contributed by atoms with E-state index in [1.165, 1.54) is 6.07 Å². The van der Waals surface area contributed by atoms with Crippen LogP contribution in [0.2, 0.25) is 0 Å². The third kappa shape index (κ3) is 6.04. The molecule has 28 heavy (non-hydrogen) atoms. The number of rotatable bonds is 9. The van der Waals surface area contributed by atoms with Crippen LogP contribution in [0.3, 0.4) is 0 Å². The lowest BCUT2D eigenvalue weighted by atomic mass is 10.0. The van der Waals surface area contributed by atoms with Gasteiger partial charge in [0.05, 0.1) is 17.7 Å². The minimum absolute atomic E-state index is 0.0422. The summed E-state index contributed by atoms with van der Waals surface area (Å²) in [4.78, 5) is 0. The van der Waals surface area contributed by atoms with E-state index in [-0.39, 0.29) is 18.7 Å². The summed E-state index contributed by atoms with van der Waals surface area (Å²) in [6.45, 7) is 0.939. The van der Waals surface area contributed by atoms with Crippen molar-refractivity contribution in [3.63, 3.8) is 0 Å². The second kappa shape index (κ2) is 10.6. The van der Waals surface area contributed by atoms with Crippen LogP contribution in [0.15, 0.2) is 71.2 Å². The maximum Gasteiger partial charge on any atom is 0.189 e. The zero-order valence-corrected chi connectivity index (χ0v) is 17.4. The van der Waals surface area contributed by atoms with Gasteiger partial charge in [0.1, 0.15) is 17.6 Å². The Bertz CT molecular complexity index is 903. The van der Waals surface area contributed by atoms with Crippen LogP contribution in [-0.4, -0.2) is 12.9 Å². The number of alkyl halides is 1. The molecular formula is C22H19BrClFO3. The average molecular weight is 466 g/mol. The summed E-state index contributed by atoms with van der Waals surface area (Å²) < 4.78 is 30.0. The summed E-state index contributed by atoms with van der Waals surface area (Å²) in [5, 5.41) is 0. The molecular weight excluding hydrogens is 447 g/mol. The molecule has 3 aromatic carbocycles. The van der Waals surface area contributed by atoms with E-state index in [0.717, 1.165) is 22.3 Å². The lowest BCUT2D eigenvalue weighted by Gasteiger charge is -2.09. The van der Waals surface area contributed by atoms with Gasteiger partial charge in [-0.25, -0.2) is 4.39 Å². The van der Waals surface area contributed by atoms with Gasteiger partial charge in [0.15, 0.2) is 6.79 Å². The summed E-state index contributed by atoms with van der Waals surface area (Å²) in [6.07, 6.45) is 0. The standard InChI is InChI=1S/C22H19BrClFO3/c23-21-9-8-20(11-22(21)25)28-15-27-13-17-2-1-3-19(10-17)18-6-4-16(5-7-18)12-26-14-24/h1-11H,12-15H2. The summed E-state index contributed by atoms with van der Waals surface area (Å²) in [5.74, 6) is 0.0538. The molecule has 3 rings (SSSR count). The fourth-order valence-corrected chi connectivity index (χ4v) is 2.95. The Balaban J connectivity index is 1.53. The van der Waals surface area contributed by atoms with Crippen LogP contribution in [-0.2, 0) is 22.7 Å². The predicted molar refractivity (Wildman–Crippen MR) is 112 cm³/mol. The average Bonchev–Trinajstić information content (AvgIpc) is 2.73. The van der Waals surface area contributed by atoms with Crippen molar-refractivity contribution in [2.45, 2.75) is 13.2 Å². The molecule has 0 heterocycles. The molecule has 146 valence electrons. The van der Waals surface area contributed by atoms with E-state index in [0.29, 0.717) is 23.4 Å². The highest BCUT2D eigenvalue weighted by Crippen LogP contribution is 2.23. The number of hydrogen-bond acceptors (Lipinski definition) is 3. The maximum absolute atomic E-state index is 13.5. The number of benzene rings is 3. The summed E-state index contributed by atoms with van der Waals surface area (Å²) in [6, 6.07) is 21.0. The molecule has 0 fully saturated rings. The molecule has 0 radical (unpaired) electrons. The predicted octanol–water partition coefficient (Wildman–Crippen LogP) is 6.52. The Labute approximate surface area is 177 Å². The van der Waals surface area contributed by atoms with Crippen LogP contribution >= 0.6 is 27.5 Å². The van der Waals surface area contributed by atoms with Gasteiger partial charge in [-0.05, 0) is 56.4 Å². The molecule has 3 aromatic rings. The summed E-state index contributed by atoms with van der Waals surface area (Å²) in [5.41, 5.74) is 4.31. The minimum atomic E-state index is -0.370. The van der Waals surface area contributed by atoms with Gasteiger partial charge in [0.2, 0.25) is 0 Å². The van der Waals surface area contributed by atoms with Gasteiger partial charge in [0, 0.05) is 6.07 Å². The van der Waals surface area contributed by atoms with E-state index in [4.69, 9.17) is 25.8 Å². The third-order valence-electron chi connectivity index (χ3n) is 4.03. The molecule has 0 bridgehead atoms. The lowest BCUT2D eigenvalue weighted by Crippen LogP contribution is -2.03. The van der Waals surface area contributed by atoms with Crippen molar-refractivity contribution in [2.24, 2.45) is 0 Å². The molecule has 0 aromatic heterocycles. The van der Waals surface area contributed by atoms with Gasteiger partial charge in [0.25, 0.3) is 0 Å². The van der Waals surface area contributed by atoms with Crippen LogP contribution in [0.4, 0.5) is 4.39 Å². The lowest BCUT2D eigenvalue weighted by molar-refractivity contribution is 0.00490. The molecule has 0 unspecified atom stereocenters. The Morgan fingerprint density at radius 1 is 0.821 bits per heavy atom. The van der Waals surface area contributed by atoms with Crippen molar-refractivity contribution in [1.82, 2.24) is 0 Å². The normalized spacial score (nSPS) is 10.8. The fourth-order valence-electron chi connectivity index (χ4n) is 2.63. The van der Waals surface area contributed by atoms with Crippen LogP contribution in [0.5, 0.6) is 5.75 Å². The molecule has 6 heteroatoms. The first-order chi connectivity index (χ1) is 13.7. The number of ether oxygens (including phenoxy) is 3. The largest absolute Gasteiger partial charge is 0.467 e. The van der Waals surface area contributed by atoms with Gasteiger partial charge in [-0.15, -0.1) is 0 Å². The Hall–Kier alpha value is -1.92. The number of halogens is 3. The zero-order valence-electron chi connectivity index (χ0n) is 15.0. The Morgan fingerprint density at radius 2 is 1.61 bits per heavy atom. The van der Waals surface area contributed by atoms with Crippen molar-refractivity contribution in [1.29, 1.82) is 0 Å². The Morgan fingerprint density at radius 3 is 2.36 bits per heavy atom. The van der Waals surface area contributed by atoms with Gasteiger partial charge >= 0.3 is 0 Å². The van der Waals surface area contributed by atoms with E-state index >= 15 is 0 Å². The van der Waals surface area contributed by atoms with E-state index in [2.05, 4.69) is 40.2 Å². The molecule has 0 saturated heterocycles. The second-order valence-electron chi connectivity index (χ2n) is 6.04. The van der Waals surface area contributed by atoms with Crippen LogP contribution in [0.1, 0.15) is 11.1 Å². The molecule has 0 saturated carbocycles. The van der Waals surface area contributed by atoms with Gasteiger partial charge in [-0.2, -0.15) is 0 Å². The van der Waals surface area contributed by atoms with E-state index in [1.54, 1.807) is 12.1 Å². The highest BCUT2D eigenvalue weighted by Gasteiger charge is 2.03. The molecule has 0 atom stereocenters. The molecule has 0 aliphatic rings. The van der Waals surface area contributed by atoms with Crippen molar-refractivity contribution < 1.29 is 18.6 Å². The molecule has 0 aliphatic carbocycles. The summed E-state index contributed by atoms with van der Waals surface area (Å²) >= 11 is 8.64. The molecule has 3 nitrogen and oxygen atoms in total. The molecule has 0 spiro atoms. The van der Waals surface area contributed by atoms with Gasteiger partial charge in [-0.1, -0.05) is 54.1 Å². The quantitative estimate of drug-likeness (QED) is 0.204. The smallest absolute Gasteiger partial charge is 0.189 e. The topological polar surface area (TPSA) is 27.7 Å². The highest BCUT2D eigenvalue weighted by molar-refractivity contribution is 9.10. The van der Waals surface area contributed by atoms with Gasteiger partial charge in [-0.3, -0.25) is 0 Å². The first-order valence-electron chi connectivity index (χ1n) is 8.63. The van der Waals surface area contributed by atoms with Crippen LogP contribution in [0, 0.1) is 5.82 Å². The monoisotopic (exact) mass is 464 g/mol. The van der Waals surface area contributed by atoms with E-state index < -0.39 is 0 Å². The van der Waals surface area contributed by atoms with Crippen molar-refractivity contribution in [2.75, 3.05) is 12.9 Å². The SMILES string of the molecule is Fc1cc(OCOCc2cccc(-c3ccc(COCCl)cc3)c2)ccc1Br. The fraction of sp³-hybridized carbons (Fsp3) is 0.182. The van der Waals surface area contributed by atoms with Crippen molar-refractivity contribution in [3.8, 4) is 16.9 Å². The van der Waals surface area contributed by atoms with Crippen molar-refractivity contribution in [3.05, 3.63) is 88.1 Å². The first kappa shape index (κ1) is 20.8.